The molecule has 0 saturated carbocycles. The van der Waals surface area contributed by atoms with Crippen molar-refractivity contribution in [2.45, 2.75) is 20.0 Å². The van der Waals surface area contributed by atoms with E-state index in [4.69, 9.17) is 9.47 Å². The minimum Gasteiger partial charge on any atom is -0.459 e. The average molecular weight is 296 g/mol. The van der Waals surface area contributed by atoms with E-state index in [9.17, 15) is 9.59 Å². The first-order valence-electron chi connectivity index (χ1n) is 6.35. The summed E-state index contributed by atoms with van der Waals surface area (Å²) in [6.45, 7) is 17.6. The lowest BCUT2D eigenvalue weighted by molar-refractivity contribution is -0.139. The molecule has 1 saturated heterocycles. The van der Waals surface area contributed by atoms with Gasteiger partial charge in [0.15, 0.2) is 0 Å². The summed E-state index contributed by atoms with van der Waals surface area (Å²) in [4.78, 5) is 21.0. The van der Waals surface area contributed by atoms with Crippen LogP contribution in [0.5, 0.6) is 0 Å². The van der Waals surface area contributed by atoms with Gasteiger partial charge in [-0.3, -0.25) is 0 Å². The van der Waals surface area contributed by atoms with Crippen molar-refractivity contribution in [2.75, 3.05) is 19.8 Å². The number of epoxide rings is 1. The molecule has 21 heavy (non-hydrogen) atoms. The van der Waals surface area contributed by atoms with E-state index in [1.165, 1.54) is 0 Å². The molecule has 0 spiro atoms. The van der Waals surface area contributed by atoms with Crippen molar-refractivity contribution in [3.8, 4) is 0 Å². The van der Waals surface area contributed by atoms with Gasteiger partial charge in [0.05, 0.1) is 6.61 Å². The first-order valence-corrected chi connectivity index (χ1v) is 6.35. The van der Waals surface area contributed by atoms with Crippen LogP contribution >= 0.6 is 0 Å². The van der Waals surface area contributed by atoms with Crippen molar-refractivity contribution < 1.29 is 23.8 Å². The third kappa shape index (κ3) is 15.8. The molecule has 1 atom stereocenters. The van der Waals surface area contributed by atoms with Gasteiger partial charge < -0.3 is 14.2 Å². The summed E-state index contributed by atoms with van der Waals surface area (Å²) in [5, 5.41) is 0. The number of carbonyl (C=O) groups is 2. The average Bonchev–Trinajstić information content (AvgIpc) is 3.31. The number of allylic oxidation sites excluding steroid dienone is 1. The molecule has 1 aliphatic rings. The molecule has 0 aliphatic carbocycles. The Hall–Kier alpha value is -2.14. The Morgan fingerprint density at radius 3 is 2.29 bits per heavy atom. The van der Waals surface area contributed by atoms with Crippen LogP contribution in [0.1, 0.15) is 13.8 Å². The molecule has 5 nitrogen and oxygen atoms in total. The van der Waals surface area contributed by atoms with Crippen LogP contribution in [-0.2, 0) is 23.8 Å². The summed E-state index contributed by atoms with van der Waals surface area (Å²) in [6, 6.07) is 0. The Balaban J connectivity index is 0. The number of hydrogen-bond donors (Lipinski definition) is 0. The Morgan fingerprint density at radius 2 is 1.90 bits per heavy atom. The number of ether oxygens (including phenoxy) is 3. The summed E-state index contributed by atoms with van der Waals surface area (Å²) < 4.78 is 14.2. The monoisotopic (exact) mass is 296 g/mol. The van der Waals surface area contributed by atoms with Gasteiger partial charge in [-0.1, -0.05) is 25.3 Å². The Bertz CT molecular complexity index is 367. The van der Waals surface area contributed by atoms with E-state index in [-0.39, 0.29) is 18.0 Å². The molecule has 118 valence electrons. The van der Waals surface area contributed by atoms with Crippen molar-refractivity contribution in [2.24, 2.45) is 0 Å². The minimum absolute atomic E-state index is 0.142. The lowest BCUT2D eigenvalue weighted by atomic mass is 10.4. The molecule has 0 amide bonds. The Kier molecular flexibility index (Phi) is 14.4. The summed E-state index contributed by atoms with van der Waals surface area (Å²) in [5.41, 5.74) is 0.431. The quantitative estimate of drug-likeness (QED) is 0.326. The van der Waals surface area contributed by atoms with Gasteiger partial charge in [0, 0.05) is 11.6 Å². The molecular weight excluding hydrogens is 272 g/mol. The zero-order valence-corrected chi connectivity index (χ0v) is 12.8. The number of rotatable bonds is 6. The maximum absolute atomic E-state index is 10.7. The highest BCUT2D eigenvalue weighted by molar-refractivity contribution is 5.86. The largest absolute Gasteiger partial charge is 0.459 e. The fourth-order valence-corrected chi connectivity index (χ4v) is 0.741. The van der Waals surface area contributed by atoms with Crippen molar-refractivity contribution in [3.63, 3.8) is 0 Å². The molecule has 0 aromatic heterocycles. The SMILES string of the molecule is C=C.C=C(C)C(=O)OCC1CO1.C=CC(=O)OCC=CC. The van der Waals surface area contributed by atoms with Crippen LogP contribution in [0.25, 0.3) is 0 Å². The van der Waals surface area contributed by atoms with E-state index < -0.39 is 0 Å². The lowest BCUT2D eigenvalue weighted by Crippen LogP contribution is -2.09. The topological polar surface area (TPSA) is 65.1 Å². The van der Waals surface area contributed by atoms with Crippen LogP contribution in [0.2, 0.25) is 0 Å². The summed E-state index contributed by atoms with van der Waals surface area (Å²) in [7, 11) is 0. The molecular formula is C16H24O5. The van der Waals surface area contributed by atoms with E-state index in [1.54, 1.807) is 13.0 Å². The van der Waals surface area contributed by atoms with Crippen molar-refractivity contribution >= 4 is 11.9 Å². The molecule has 1 fully saturated rings. The molecule has 5 heteroatoms. The molecule has 0 aromatic rings. The Labute approximate surface area is 126 Å². The number of hydrogen-bond acceptors (Lipinski definition) is 5. The maximum Gasteiger partial charge on any atom is 0.333 e. The molecule has 0 N–H and O–H groups in total. The van der Waals surface area contributed by atoms with Crippen LogP contribution in [-0.4, -0.2) is 37.9 Å². The van der Waals surface area contributed by atoms with Gasteiger partial charge in [-0.25, -0.2) is 9.59 Å². The van der Waals surface area contributed by atoms with E-state index >= 15 is 0 Å². The highest BCUT2D eigenvalue weighted by atomic mass is 16.6. The molecule has 0 bridgehead atoms. The standard InChI is InChI=1S/C7H10O3.C7H10O2.C2H4/c1-5(2)7(8)10-4-6-3-9-6;1-3-5-6-9-7(8)4-2;1-2/h6H,1,3-4H2,2H3;3-5H,2,6H2,1H3;1-2H2. The van der Waals surface area contributed by atoms with Crippen molar-refractivity contribution in [3.05, 3.63) is 50.1 Å². The second-order valence-electron chi connectivity index (χ2n) is 3.74. The van der Waals surface area contributed by atoms with Crippen LogP contribution in [0.3, 0.4) is 0 Å². The third-order valence-corrected chi connectivity index (χ3v) is 1.88. The molecule has 1 rings (SSSR count). The highest BCUT2D eigenvalue weighted by Crippen LogP contribution is 2.09. The van der Waals surface area contributed by atoms with Crippen LogP contribution in [0.4, 0.5) is 0 Å². The van der Waals surface area contributed by atoms with E-state index in [0.29, 0.717) is 25.4 Å². The van der Waals surface area contributed by atoms with Gasteiger partial charge in [-0.2, -0.15) is 0 Å². The first-order chi connectivity index (χ1) is 10.0. The lowest BCUT2D eigenvalue weighted by Gasteiger charge is -1.99. The fraction of sp³-hybridized carbons (Fsp3) is 0.375. The van der Waals surface area contributed by atoms with Gasteiger partial charge in [0.1, 0.15) is 19.3 Å². The second-order valence-corrected chi connectivity index (χ2v) is 3.74. The maximum atomic E-state index is 10.7. The fourth-order valence-electron chi connectivity index (χ4n) is 0.741. The zero-order valence-electron chi connectivity index (χ0n) is 12.8. The van der Waals surface area contributed by atoms with Crippen molar-refractivity contribution in [1.82, 2.24) is 0 Å². The van der Waals surface area contributed by atoms with Gasteiger partial charge in [-0.15, -0.1) is 13.2 Å². The van der Waals surface area contributed by atoms with Gasteiger partial charge in [0.25, 0.3) is 0 Å². The van der Waals surface area contributed by atoms with E-state index in [0.717, 1.165) is 6.08 Å². The molecule has 1 aliphatic heterocycles. The third-order valence-electron chi connectivity index (χ3n) is 1.88. The van der Waals surface area contributed by atoms with E-state index in [1.807, 2.05) is 13.0 Å². The number of carbonyl (C=O) groups excluding carboxylic acids is 2. The van der Waals surface area contributed by atoms with Crippen LogP contribution < -0.4 is 0 Å². The number of esters is 2. The predicted octanol–water partition coefficient (Wildman–Crippen LogP) is 2.60. The Morgan fingerprint density at radius 1 is 1.33 bits per heavy atom. The molecule has 1 heterocycles. The molecule has 0 radical (unpaired) electrons. The zero-order chi connectivity index (χ0) is 16.7. The van der Waals surface area contributed by atoms with Crippen LogP contribution in [0, 0.1) is 0 Å². The highest BCUT2D eigenvalue weighted by Gasteiger charge is 2.24. The summed E-state index contributed by atoms with van der Waals surface area (Å²) in [6.07, 6.45) is 4.85. The van der Waals surface area contributed by atoms with Gasteiger partial charge in [-0.05, 0) is 13.8 Å². The normalized spacial score (nSPS) is 14.7. The first kappa shape index (κ1) is 21.2. The molecule has 0 aromatic carbocycles. The van der Waals surface area contributed by atoms with Gasteiger partial charge >= 0.3 is 11.9 Å². The summed E-state index contributed by atoms with van der Waals surface area (Å²) in [5.74, 6) is -0.719. The molecule has 1 unspecified atom stereocenters. The minimum atomic E-state index is -0.381. The van der Waals surface area contributed by atoms with Crippen molar-refractivity contribution in [1.29, 1.82) is 0 Å². The smallest absolute Gasteiger partial charge is 0.333 e. The van der Waals surface area contributed by atoms with Gasteiger partial charge in [0.2, 0.25) is 0 Å². The summed E-state index contributed by atoms with van der Waals surface area (Å²) >= 11 is 0. The van der Waals surface area contributed by atoms with Crippen LogP contribution in [0.15, 0.2) is 50.1 Å². The predicted molar refractivity (Wildman–Crippen MR) is 82.7 cm³/mol. The second kappa shape index (κ2) is 14.3. The van der Waals surface area contributed by atoms with E-state index in [2.05, 4.69) is 31.1 Å².